The second kappa shape index (κ2) is 10.3. The van der Waals surface area contributed by atoms with Gasteiger partial charge < -0.3 is 15.1 Å². The standard InChI is InChI=1S/C28H36F3N3S/c1-3-10-33-11-8-22(9-12-33)32-25-16-21(28(29,30)31)17-27-24(25)15-20-4-5-23(18-26(20)35-27)34-13-6-19(2)7-14-34/h4-5,16-19,22,32H,3,6-15H2,1-2H3. The topological polar surface area (TPSA) is 18.5 Å². The number of piperidine rings is 2. The van der Waals surface area contributed by atoms with Crippen LogP contribution in [0.3, 0.4) is 0 Å². The Bertz CT molecular complexity index is 1040. The Morgan fingerprint density at radius 3 is 2.40 bits per heavy atom. The van der Waals surface area contributed by atoms with E-state index in [0.717, 1.165) is 73.3 Å². The predicted octanol–water partition coefficient (Wildman–Crippen LogP) is 7.28. The molecule has 7 heteroatoms. The van der Waals surface area contributed by atoms with Crippen LogP contribution in [0.25, 0.3) is 0 Å². The van der Waals surface area contributed by atoms with Gasteiger partial charge in [-0.15, -0.1) is 0 Å². The molecule has 190 valence electrons. The molecule has 2 fully saturated rings. The van der Waals surface area contributed by atoms with Crippen molar-refractivity contribution in [2.75, 3.05) is 42.9 Å². The predicted molar refractivity (Wildman–Crippen MR) is 139 cm³/mol. The first kappa shape index (κ1) is 24.8. The van der Waals surface area contributed by atoms with E-state index in [4.69, 9.17) is 0 Å². The lowest BCUT2D eigenvalue weighted by molar-refractivity contribution is -0.137. The maximum absolute atomic E-state index is 13.8. The molecular weight excluding hydrogens is 467 g/mol. The van der Waals surface area contributed by atoms with Crippen molar-refractivity contribution in [3.05, 3.63) is 47.0 Å². The van der Waals surface area contributed by atoms with Crippen molar-refractivity contribution in [1.29, 1.82) is 0 Å². The first-order chi connectivity index (χ1) is 16.8. The Kier molecular flexibility index (Phi) is 7.27. The molecule has 3 nitrogen and oxygen atoms in total. The van der Waals surface area contributed by atoms with Crippen LogP contribution in [0.4, 0.5) is 24.5 Å². The summed E-state index contributed by atoms with van der Waals surface area (Å²) < 4.78 is 41.5. The molecule has 1 N–H and O–H groups in total. The quantitative estimate of drug-likeness (QED) is 0.394. The van der Waals surface area contributed by atoms with Gasteiger partial charge in [-0.1, -0.05) is 31.7 Å². The van der Waals surface area contributed by atoms with Gasteiger partial charge in [0, 0.05) is 59.8 Å². The van der Waals surface area contributed by atoms with Crippen molar-refractivity contribution in [3.63, 3.8) is 0 Å². The van der Waals surface area contributed by atoms with E-state index in [1.165, 1.54) is 48.0 Å². The van der Waals surface area contributed by atoms with E-state index in [1.807, 2.05) is 0 Å². The summed E-state index contributed by atoms with van der Waals surface area (Å²) in [5.74, 6) is 0.760. The number of benzene rings is 2. The molecule has 2 aromatic carbocycles. The third-order valence-corrected chi connectivity index (χ3v) is 8.99. The second-order valence-electron chi connectivity index (χ2n) is 10.5. The SMILES string of the molecule is CCCN1CCC(Nc2cc(C(F)(F)F)cc3c2Cc2ccc(N4CCC(C)CC4)cc2S3)CC1. The summed E-state index contributed by atoms with van der Waals surface area (Å²) >= 11 is 1.50. The molecule has 3 aliphatic heterocycles. The van der Waals surface area contributed by atoms with Crippen molar-refractivity contribution in [2.45, 2.75) is 74.4 Å². The van der Waals surface area contributed by atoms with Crippen molar-refractivity contribution >= 4 is 23.1 Å². The van der Waals surface area contributed by atoms with Crippen LogP contribution in [0, 0.1) is 5.92 Å². The zero-order valence-electron chi connectivity index (χ0n) is 20.8. The van der Waals surface area contributed by atoms with Gasteiger partial charge in [0.1, 0.15) is 0 Å². The number of hydrogen-bond donors (Lipinski definition) is 1. The Labute approximate surface area is 211 Å². The molecule has 0 radical (unpaired) electrons. The highest BCUT2D eigenvalue weighted by atomic mass is 32.2. The van der Waals surface area contributed by atoms with Gasteiger partial charge in [0.25, 0.3) is 0 Å². The summed E-state index contributed by atoms with van der Waals surface area (Å²) in [5.41, 5.74) is 3.51. The van der Waals surface area contributed by atoms with Gasteiger partial charge in [0.2, 0.25) is 0 Å². The summed E-state index contributed by atoms with van der Waals surface area (Å²) in [6, 6.07) is 9.48. The summed E-state index contributed by atoms with van der Waals surface area (Å²) in [6.07, 6.45) is 1.75. The highest BCUT2D eigenvalue weighted by molar-refractivity contribution is 7.99. The van der Waals surface area contributed by atoms with Crippen LogP contribution in [-0.4, -0.2) is 43.7 Å². The lowest BCUT2D eigenvalue weighted by Crippen LogP contribution is -2.39. The number of fused-ring (bicyclic) bond motifs is 2. The zero-order valence-corrected chi connectivity index (χ0v) is 21.6. The molecule has 0 atom stereocenters. The van der Waals surface area contributed by atoms with Crippen molar-refractivity contribution in [2.24, 2.45) is 5.92 Å². The molecule has 5 rings (SSSR count). The third kappa shape index (κ3) is 5.61. The molecule has 0 aliphatic carbocycles. The monoisotopic (exact) mass is 503 g/mol. The molecule has 2 aromatic rings. The first-order valence-electron chi connectivity index (χ1n) is 13.1. The van der Waals surface area contributed by atoms with Crippen LogP contribution in [-0.2, 0) is 12.6 Å². The van der Waals surface area contributed by atoms with Crippen LogP contribution in [0.15, 0.2) is 40.1 Å². The van der Waals surface area contributed by atoms with Gasteiger partial charge in [-0.2, -0.15) is 13.2 Å². The molecule has 0 amide bonds. The average Bonchev–Trinajstić information content (AvgIpc) is 2.84. The number of anilines is 2. The number of likely N-dealkylation sites (tertiary alicyclic amines) is 1. The van der Waals surface area contributed by atoms with Crippen LogP contribution < -0.4 is 10.2 Å². The average molecular weight is 504 g/mol. The molecule has 0 bridgehead atoms. The fourth-order valence-electron chi connectivity index (χ4n) is 5.60. The number of halogens is 3. The van der Waals surface area contributed by atoms with Crippen LogP contribution in [0.2, 0.25) is 0 Å². The summed E-state index contributed by atoms with van der Waals surface area (Å²) in [4.78, 5) is 6.70. The molecule has 0 spiro atoms. The number of nitrogens with one attached hydrogen (secondary N) is 1. The molecule has 3 heterocycles. The number of nitrogens with zero attached hydrogens (tertiary/aromatic N) is 2. The Hall–Kier alpha value is -1.86. The van der Waals surface area contributed by atoms with Crippen molar-refractivity contribution in [3.8, 4) is 0 Å². The normalized spacial score (nSPS) is 20.0. The zero-order chi connectivity index (χ0) is 24.6. The van der Waals surface area contributed by atoms with Gasteiger partial charge in [-0.25, -0.2) is 0 Å². The summed E-state index contributed by atoms with van der Waals surface area (Å²) in [7, 11) is 0. The van der Waals surface area contributed by atoms with Crippen LogP contribution >= 0.6 is 11.8 Å². The van der Waals surface area contributed by atoms with E-state index in [2.05, 4.69) is 47.2 Å². The van der Waals surface area contributed by atoms with E-state index in [9.17, 15) is 13.2 Å². The number of hydrogen-bond acceptors (Lipinski definition) is 4. The van der Waals surface area contributed by atoms with E-state index < -0.39 is 11.7 Å². The summed E-state index contributed by atoms with van der Waals surface area (Å²) in [5, 5.41) is 3.53. The van der Waals surface area contributed by atoms with E-state index >= 15 is 0 Å². The highest BCUT2D eigenvalue weighted by Crippen LogP contribution is 2.46. The first-order valence-corrected chi connectivity index (χ1v) is 13.9. The van der Waals surface area contributed by atoms with Gasteiger partial charge in [-0.3, -0.25) is 0 Å². The molecule has 2 saturated heterocycles. The minimum absolute atomic E-state index is 0.214. The maximum atomic E-state index is 13.8. The molecule has 0 unspecified atom stereocenters. The third-order valence-electron chi connectivity index (χ3n) is 7.81. The summed E-state index contributed by atoms with van der Waals surface area (Å²) in [6.45, 7) is 9.68. The van der Waals surface area contributed by atoms with E-state index in [-0.39, 0.29) is 6.04 Å². The van der Waals surface area contributed by atoms with Crippen molar-refractivity contribution in [1.82, 2.24) is 4.90 Å². The lowest BCUT2D eigenvalue weighted by atomic mass is 9.97. The number of rotatable bonds is 5. The Morgan fingerprint density at radius 1 is 0.971 bits per heavy atom. The maximum Gasteiger partial charge on any atom is 0.416 e. The minimum atomic E-state index is -4.36. The molecule has 0 saturated carbocycles. The fourth-order valence-corrected chi connectivity index (χ4v) is 6.78. The van der Waals surface area contributed by atoms with Gasteiger partial charge >= 0.3 is 6.18 Å². The molecule has 0 aromatic heterocycles. The second-order valence-corrected chi connectivity index (χ2v) is 11.6. The Morgan fingerprint density at radius 2 is 1.71 bits per heavy atom. The van der Waals surface area contributed by atoms with Gasteiger partial charge in [0.05, 0.1) is 5.56 Å². The van der Waals surface area contributed by atoms with Gasteiger partial charge in [0.15, 0.2) is 0 Å². The Balaban J connectivity index is 1.39. The highest BCUT2D eigenvalue weighted by Gasteiger charge is 2.34. The van der Waals surface area contributed by atoms with Crippen LogP contribution in [0.1, 0.15) is 62.6 Å². The smallest absolute Gasteiger partial charge is 0.382 e. The van der Waals surface area contributed by atoms with E-state index in [0.29, 0.717) is 12.1 Å². The molecule has 35 heavy (non-hydrogen) atoms. The van der Waals surface area contributed by atoms with Crippen LogP contribution in [0.5, 0.6) is 0 Å². The van der Waals surface area contributed by atoms with Crippen molar-refractivity contribution < 1.29 is 13.2 Å². The largest absolute Gasteiger partial charge is 0.416 e. The van der Waals surface area contributed by atoms with E-state index in [1.54, 1.807) is 0 Å². The fraction of sp³-hybridized carbons (Fsp3) is 0.571. The minimum Gasteiger partial charge on any atom is -0.382 e. The number of alkyl halides is 3. The molecule has 3 aliphatic rings. The molecular formula is C28H36F3N3S. The lowest BCUT2D eigenvalue weighted by Gasteiger charge is -2.34. The van der Waals surface area contributed by atoms with Gasteiger partial charge in [-0.05, 0) is 80.0 Å².